The Morgan fingerprint density at radius 2 is 2.19 bits per heavy atom. The van der Waals surface area contributed by atoms with Crippen molar-refractivity contribution in [3.05, 3.63) is 29.0 Å². The van der Waals surface area contributed by atoms with Crippen LogP contribution >= 0.6 is 0 Å². The van der Waals surface area contributed by atoms with Gasteiger partial charge in [0, 0.05) is 24.9 Å². The Morgan fingerprint density at radius 1 is 1.44 bits per heavy atom. The van der Waals surface area contributed by atoms with E-state index in [-0.39, 0.29) is 0 Å². The lowest BCUT2D eigenvalue weighted by Crippen LogP contribution is -2.20. The van der Waals surface area contributed by atoms with Gasteiger partial charge in [0.15, 0.2) is 5.82 Å². The number of hydrogen-bond donors (Lipinski definition) is 1. The van der Waals surface area contributed by atoms with E-state index in [0.29, 0.717) is 0 Å². The summed E-state index contributed by atoms with van der Waals surface area (Å²) in [5.74, 6) is 1.75. The van der Waals surface area contributed by atoms with Crippen molar-refractivity contribution in [2.45, 2.75) is 27.2 Å². The van der Waals surface area contributed by atoms with Gasteiger partial charge in [0.05, 0.1) is 0 Å². The molecule has 1 aliphatic rings. The number of aryl methyl sites for hydroxylation is 2. The molecular weight excluding hydrogens is 200 g/mol. The molecule has 4 heteroatoms. The molecule has 0 aliphatic carbocycles. The van der Waals surface area contributed by atoms with Gasteiger partial charge >= 0.3 is 0 Å². The maximum absolute atomic E-state index is 4.46. The second-order valence-corrected chi connectivity index (χ2v) is 4.15. The van der Waals surface area contributed by atoms with Crippen LogP contribution in [0.3, 0.4) is 0 Å². The summed E-state index contributed by atoms with van der Waals surface area (Å²) in [5, 5.41) is 7.68. The molecule has 0 unspecified atom stereocenters. The summed E-state index contributed by atoms with van der Waals surface area (Å²) < 4.78 is 1.84. The van der Waals surface area contributed by atoms with Gasteiger partial charge in [0.2, 0.25) is 0 Å². The largest absolute Gasteiger partial charge is 0.384 e. The van der Waals surface area contributed by atoms with Crippen LogP contribution in [0.15, 0.2) is 17.3 Å². The highest BCUT2D eigenvalue weighted by Gasteiger charge is 2.15. The molecule has 2 rings (SSSR count). The van der Waals surface area contributed by atoms with Gasteiger partial charge in [-0.15, -0.1) is 0 Å². The van der Waals surface area contributed by atoms with E-state index in [1.165, 1.54) is 11.3 Å². The quantitative estimate of drug-likeness (QED) is 0.823. The summed E-state index contributed by atoms with van der Waals surface area (Å²) in [7, 11) is 1.93. The lowest BCUT2D eigenvalue weighted by atomic mass is 10.0. The van der Waals surface area contributed by atoms with E-state index >= 15 is 0 Å². The standard InChI is InChI=1S/C12H18N4/c1-5-10-6-11(8(2)13-7-10)12-14-9(3)15-16(12)4/h6,13H,5,7H2,1-4H3. The van der Waals surface area contributed by atoms with Crippen molar-refractivity contribution >= 4 is 5.57 Å². The molecule has 1 N–H and O–H groups in total. The van der Waals surface area contributed by atoms with Gasteiger partial charge in [-0.1, -0.05) is 12.5 Å². The van der Waals surface area contributed by atoms with E-state index in [0.717, 1.165) is 30.2 Å². The SMILES string of the molecule is CCC1=CC(c2nc(C)nn2C)=C(C)NC1. The molecule has 86 valence electrons. The maximum atomic E-state index is 4.46. The summed E-state index contributed by atoms with van der Waals surface area (Å²) in [6.07, 6.45) is 3.30. The van der Waals surface area contributed by atoms with Crippen molar-refractivity contribution in [3.63, 3.8) is 0 Å². The van der Waals surface area contributed by atoms with Crippen molar-refractivity contribution in [3.8, 4) is 0 Å². The first-order chi connectivity index (χ1) is 7.61. The van der Waals surface area contributed by atoms with Crippen LogP contribution < -0.4 is 5.32 Å². The number of nitrogens with zero attached hydrogens (tertiary/aromatic N) is 3. The Hall–Kier alpha value is -1.58. The topological polar surface area (TPSA) is 42.7 Å². The first-order valence-electron chi connectivity index (χ1n) is 5.64. The zero-order valence-corrected chi connectivity index (χ0v) is 10.3. The second-order valence-electron chi connectivity index (χ2n) is 4.15. The van der Waals surface area contributed by atoms with Gasteiger partial charge in [0.25, 0.3) is 0 Å². The molecule has 0 saturated carbocycles. The minimum absolute atomic E-state index is 0.815. The third-order valence-corrected chi connectivity index (χ3v) is 2.90. The minimum atomic E-state index is 0.815. The van der Waals surface area contributed by atoms with Gasteiger partial charge in [-0.25, -0.2) is 9.67 Å². The predicted octanol–water partition coefficient (Wildman–Crippen LogP) is 1.79. The molecule has 2 heterocycles. The minimum Gasteiger partial charge on any atom is -0.384 e. The van der Waals surface area contributed by atoms with E-state index in [4.69, 9.17) is 0 Å². The Balaban J connectivity index is 2.46. The zero-order chi connectivity index (χ0) is 11.7. The molecule has 0 saturated heterocycles. The lowest BCUT2D eigenvalue weighted by molar-refractivity contribution is 0.739. The fraction of sp³-hybridized carbons (Fsp3) is 0.500. The van der Waals surface area contributed by atoms with Crippen molar-refractivity contribution in [1.29, 1.82) is 0 Å². The Morgan fingerprint density at radius 3 is 2.75 bits per heavy atom. The van der Waals surface area contributed by atoms with Gasteiger partial charge in [-0.05, 0) is 26.3 Å². The highest BCUT2D eigenvalue weighted by molar-refractivity contribution is 5.74. The summed E-state index contributed by atoms with van der Waals surface area (Å²) in [6.45, 7) is 7.12. The molecule has 0 bridgehead atoms. The van der Waals surface area contributed by atoms with Crippen LogP contribution in [0.4, 0.5) is 0 Å². The molecule has 16 heavy (non-hydrogen) atoms. The molecule has 1 aliphatic heterocycles. The van der Waals surface area contributed by atoms with Crippen LogP contribution in [-0.2, 0) is 7.05 Å². The fourth-order valence-corrected chi connectivity index (χ4v) is 1.91. The van der Waals surface area contributed by atoms with Crippen LogP contribution in [0, 0.1) is 6.92 Å². The Labute approximate surface area is 96.1 Å². The molecule has 0 atom stereocenters. The van der Waals surface area contributed by atoms with Crippen molar-refractivity contribution in [2.75, 3.05) is 6.54 Å². The smallest absolute Gasteiger partial charge is 0.159 e. The first kappa shape index (κ1) is 10.9. The molecular formula is C12H18N4. The second kappa shape index (κ2) is 4.12. The van der Waals surface area contributed by atoms with E-state index in [1.54, 1.807) is 0 Å². The van der Waals surface area contributed by atoms with Crippen molar-refractivity contribution < 1.29 is 0 Å². The number of rotatable bonds is 2. The summed E-state index contributed by atoms with van der Waals surface area (Å²) >= 11 is 0. The van der Waals surface area contributed by atoms with Crippen molar-refractivity contribution in [1.82, 2.24) is 20.1 Å². The molecule has 0 radical (unpaired) electrons. The number of nitrogens with one attached hydrogen (secondary N) is 1. The molecule has 0 amide bonds. The monoisotopic (exact) mass is 218 g/mol. The highest BCUT2D eigenvalue weighted by atomic mass is 15.3. The lowest BCUT2D eigenvalue weighted by Gasteiger charge is -2.18. The molecule has 0 aromatic carbocycles. The van der Waals surface area contributed by atoms with Gasteiger partial charge in [-0.3, -0.25) is 0 Å². The van der Waals surface area contributed by atoms with Gasteiger partial charge in [0.1, 0.15) is 5.82 Å². The van der Waals surface area contributed by atoms with Crippen LogP contribution in [0.1, 0.15) is 31.9 Å². The zero-order valence-electron chi connectivity index (χ0n) is 10.3. The van der Waals surface area contributed by atoms with Gasteiger partial charge < -0.3 is 5.32 Å². The molecule has 1 aromatic heterocycles. The maximum Gasteiger partial charge on any atom is 0.159 e. The van der Waals surface area contributed by atoms with E-state index in [9.17, 15) is 0 Å². The van der Waals surface area contributed by atoms with Crippen LogP contribution in [0.5, 0.6) is 0 Å². The van der Waals surface area contributed by atoms with Crippen molar-refractivity contribution in [2.24, 2.45) is 7.05 Å². The predicted molar refractivity (Wildman–Crippen MR) is 64.7 cm³/mol. The molecule has 0 spiro atoms. The van der Waals surface area contributed by atoms with E-state index < -0.39 is 0 Å². The first-order valence-corrected chi connectivity index (χ1v) is 5.64. The van der Waals surface area contributed by atoms with Crippen LogP contribution in [0.2, 0.25) is 0 Å². The number of dihydropyridines is 1. The Kier molecular flexibility index (Phi) is 2.81. The summed E-state index contributed by atoms with van der Waals surface area (Å²) in [4.78, 5) is 4.46. The highest BCUT2D eigenvalue weighted by Crippen LogP contribution is 2.22. The molecule has 0 fully saturated rings. The number of hydrogen-bond acceptors (Lipinski definition) is 3. The molecule has 1 aromatic rings. The number of aromatic nitrogens is 3. The van der Waals surface area contributed by atoms with E-state index in [1.807, 2.05) is 18.7 Å². The Bertz CT molecular complexity index is 465. The third-order valence-electron chi connectivity index (χ3n) is 2.90. The summed E-state index contributed by atoms with van der Waals surface area (Å²) in [6, 6.07) is 0. The van der Waals surface area contributed by atoms with Gasteiger partial charge in [-0.2, -0.15) is 5.10 Å². The summed E-state index contributed by atoms with van der Waals surface area (Å²) in [5.41, 5.74) is 3.74. The van der Waals surface area contributed by atoms with Crippen LogP contribution in [0.25, 0.3) is 5.57 Å². The average molecular weight is 218 g/mol. The molecule has 4 nitrogen and oxygen atoms in total. The normalized spacial score (nSPS) is 16.1. The third kappa shape index (κ3) is 1.87. The van der Waals surface area contributed by atoms with Crippen LogP contribution in [-0.4, -0.2) is 21.3 Å². The van der Waals surface area contributed by atoms with E-state index in [2.05, 4.69) is 35.3 Å². The number of allylic oxidation sites excluding steroid dienone is 3. The average Bonchev–Trinajstić information content (AvgIpc) is 2.58. The fourth-order valence-electron chi connectivity index (χ4n) is 1.91.